The van der Waals surface area contributed by atoms with Crippen molar-refractivity contribution in [3.8, 4) is 0 Å². The summed E-state index contributed by atoms with van der Waals surface area (Å²) in [5, 5.41) is 4.89. The topological polar surface area (TPSA) is 12.0 Å². The highest BCUT2D eigenvalue weighted by Gasteiger charge is 2.16. The van der Waals surface area contributed by atoms with Crippen LogP contribution in [0.25, 0.3) is 0 Å². The van der Waals surface area contributed by atoms with E-state index in [2.05, 4.69) is 11.4 Å². The minimum absolute atomic E-state index is 0.0468. The van der Waals surface area contributed by atoms with Crippen LogP contribution in [-0.4, -0.2) is 7.05 Å². The molecule has 1 atom stereocenters. The summed E-state index contributed by atoms with van der Waals surface area (Å²) < 4.78 is 0. The zero-order valence-corrected chi connectivity index (χ0v) is 12.8. The van der Waals surface area contributed by atoms with Gasteiger partial charge in [0.1, 0.15) is 0 Å². The molecule has 0 saturated heterocycles. The first-order chi connectivity index (χ1) is 9.04. The maximum Gasteiger partial charge on any atom is 0.0589 e. The smallest absolute Gasteiger partial charge is 0.0589 e. The van der Waals surface area contributed by atoms with Gasteiger partial charge in [-0.1, -0.05) is 53.5 Å². The Morgan fingerprint density at radius 2 is 1.74 bits per heavy atom. The lowest BCUT2D eigenvalue weighted by Crippen LogP contribution is -2.18. The maximum atomic E-state index is 6.41. The van der Waals surface area contributed by atoms with Crippen molar-refractivity contribution >= 4 is 23.2 Å². The molecule has 2 rings (SSSR count). The van der Waals surface area contributed by atoms with Gasteiger partial charge >= 0.3 is 0 Å². The molecular weight excluding hydrogens is 277 g/mol. The van der Waals surface area contributed by atoms with Gasteiger partial charge in [-0.2, -0.15) is 0 Å². The second kappa shape index (κ2) is 5.96. The summed E-state index contributed by atoms with van der Waals surface area (Å²) in [4.78, 5) is 0. The van der Waals surface area contributed by atoms with E-state index in [0.29, 0.717) is 0 Å². The van der Waals surface area contributed by atoms with Crippen LogP contribution in [0, 0.1) is 13.8 Å². The molecule has 1 N–H and O–H groups in total. The first-order valence-electron chi connectivity index (χ1n) is 6.23. The monoisotopic (exact) mass is 293 g/mol. The standard InChI is InChI=1S/C16H17Cl2N/c1-10-7-8-12(9-14(10)17)16(19-3)13-6-4-5-11(2)15(13)18/h4-9,16,19H,1-3H3. The quantitative estimate of drug-likeness (QED) is 0.847. The fourth-order valence-corrected chi connectivity index (χ4v) is 2.61. The number of halogens is 2. The first-order valence-corrected chi connectivity index (χ1v) is 6.98. The fraction of sp³-hybridized carbons (Fsp3) is 0.250. The molecule has 0 amide bonds. The molecule has 0 radical (unpaired) electrons. The van der Waals surface area contributed by atoms with Crippen molar-refractivity contribution in [3.63, 3.8) is 0 Å². The minimum Gasteiger partial charge on any atom is -0.309 e. The van der Waals surface area contributed by atoms with E-state index in [1.165, 1.54) is 0 Å². The van der Waals surface area contributed by atoms with Crippen molar-refractivity contribution in [2.24, 2.45) is 0 Å². The Morgan fingerprint density at radius 3 is 2.37 bits per heavy atom. The van der Waals surface area contributed by atoms with Crippen molar-refractivity contribution in [1.29, 1.82) is 0 Å². The second-order valence-corrected chi connectivity index (χ2v) is 5.49. The van der Waals surface area contributed by atoms with Crippen LogP contribution in [0.3, 0.4) is 0 Å². The van der Waals surface area contributed by atoms with Crippen molar-refractivity contribution in [3.05, 3.63) is 68.7 Å². The number of aryl methyl sites for hydroxylation is 2. The number of rotatable bonds is 3. The molecule has 0 aromatic heterocycles. The summed E-state index contributed by atoms with van der Waals surface area (Å²) in [7, 11) is 1.93. The van der Waals surface area contributed by atoms with Gasteiger partial charge in [0.15, 0.2) is 0 Å². The van der Waals surface area contributed by atoms with Gasteiger partial charge < -0.3 is 5.32 Å². The van der Waals surface area contributed by atoms with Crippen LogP contribution in [0.1, 0.15) is 28.3 Å². The molecule has 1 unspecified atom stereocenters. The van der Waals surface area contributed by atoms with E-state index >= 15 is 0 Å². The van der Waals surface area contributed by atoms with E-state index < -0.39 is 0 Å². The van der Waals surface area contributed by atoms with Crippen LogP contribution in [-0.2, 0) is 0 Å². The van der Waals surface area contributed by atoms with Gasteiger partial charge in [-0.15, -0.1) is 0 Å². The van der Waals surface area contributed by atoms with Crippen molar-refractivity contribution in [1.82, 2.24) is 5.32 Å². The molecule has 0 spiro atoms. The molecule has 0 heterocycles. The Balaban J connectivity index is 2.50. The lowest BCUT2D eigenvalue weighted by Gasteiger charge is -2.20. The zero-order chi connectivity index (χ0) is 14.0. The average Bonchev–Trinajstić information content (AvgIpc) is 2.39. The summed E-state index contributed by atoms with van der Waals surface area (Å²) in [5.41, 5.74) is 4.35. The van der Waals surface area contributed by atoms with Gasteiger partial charge in [0.05, 0.1) is 6.04 Å². The third kappa shape index (κ3) is 2.94. The van der Waals surface area contributed by atoms with E-state index in [9.17, 15) is 0 Å². The molecule has 0 aliphatic heterocycles. The summed E-state index contributed by atoms with van der Waals surface area (Å²) >= 11 is 12.6. The molecule has 0 fully saturated rings. The van der Waals surface area contributed by atoms with E-state index in [0.717, 1.165) is 32.3 Å². The number of hydrogen-bond acceptors (Lipinski definition) is 1. The second-order valence-electron chi connectivity index (χ2n) is 4.71. The highest BCUT2D eigenvalue weighted by molar-refractivity contribution is 6.32. The summed E-state index contributed by atoms with van der Waals surface area (Å²) in [6, 6.07) is 12.2. The largest absolute Gasteiger partial charge is 0.309 e. The molecular formula is C16H17Cl2N. The van der Waals surface area contributed by atoms with Crippen molar-refractivity contribution in [2.45, 2.75) is 19.9 Å². The lowest BCUT2D eigenvalue weighted by molar-refractivity contribution is 0.691. The number of nitrogens with one attached hydrogen (secondary N) is 1. The van der Waals surface area contributed by atoms with Crippen LogP contribution in [0.5, 0.6) is 0 Å². The van der Waals surface area contributed by atoms with Gasteiger partial charge in [0, 0.05) is 10.0 Å². The van der Waals surface area contributed by atoms with Crippen LogP contribution in [0.4, 0.5) is 0 Å². The predicted octanol–water partition coefficient (Wildman–Crippen LogP) is 4.92. The third-order valence-electron chi connectivity index (χ3n) is 3.35. The molecule has 3 heteroatoms. The van der Waals surface area contributed by atoms with E-state index in [4.69, 9.17) is 23.2 Å². The molecule has 0 bridgehead atoms. The van der Waals surface area contributed by atoms with Gasteiger partial charge in [-0.05, 0) is 49.2 Å². The first kappa shape index (κ1) is 14.4. The molecule has 100 valence electrons. The Labute approximate surface area is 124 Å². The number of hydrogen-bond donors (Lipinski definition) is 1. The van der Waals surface area contributed by atoms with Crippen LogP contribution >= 0.6 is 23.2 Å². The molecule has 0 aliphatic carbocycles. The molecule has 19 heavy (non-hydrogen) atoms. The summed E-state index contributed by atoms with van der Waals surface area (Å²) in [6.45, 7) is 4.01. The molecule has 2 aromatic rings. The average molecular weight is 294 g/mol. The SMILES string of the molecule is CNC(c1ccc(C)c(Cl)c1)c1cccc(C)c1Cl. The molecule has 0 aliphatic rings. The Bertz CT molecular complexity index is 593. The number of benzene rings is 2. The van der Waals surface area contributed by atoms with Crippen LogP contribution in [0.15, 0.2) is 36.4 Å². The summed E-state index contributed by atoms with van der Waals surface area (Å²) in [5.74, 6) is 0. The van der Waals surface area contributed by atoms with E-state index in [1.54, 1.807) is 0 Å². The lowest BCUT2D eigenvalue weighted by atomic mass is 9.96. The zero-order valence-electron chi connectivity index (χ0n) is 11.3. The van der Waals surface area contributed by atoms with Gasteiger partial charge in [-0.25, -0.2) is 0 Å². The third-order valence-corrected chi connectivity index (χ3v) is 4.27. The fourth-order valence-electron chi connectivity index (χ4n) is 2.18. The van der Waals surface area contributed by atoms with Gasteiger partial charge in [0.25, 0.3) is 0 Å². The highest BCUT2D eigenvalue weighted by Crippen LogP contribution is 2.31. The highest BCUT2D eigenvalue weighted by atomic mass is 35.5. The van der Waals surface area contributed by atoms with Crippen molar-refractivity contribution in [2.75, 3.05) is 7.05 Å². The Hall–Kier alpha value is -1.02. The Kier molecular flexibility index (Phi) is 4.51. The van der Waals surface area contributed by atoms with E-state index in [-0.39, 0.29) is 6.04 Å². The molecule has 2 aromatic carbocycles. The minimum atomic E-state index is 0.0468. The van der Waals surface area contributed by atoms with Crippen molar-refractivity contribution < 1.29 is 0 Å². The maximum absolute atomic E-state index is 6.41. The molecule has 1 nitrogen and oxygen atoms in total. The Morgan fingerprint density at radius 1 is 1.00 bits per heavy atom. The van der Waals surface area contributed by atoms with Gasteiger partial charge in [0.2, 0.25) is 0 Å². The predicted molar refractivity (Wildman–Crippen MR) is 83.3 cm³/mol. The van der Waals surface area contributed by atoms with Crippen LogP contribution in [0.2, 0.25) is 10.0 Å². The van der Waals surface area contributed by atoms with Crippen LogP contribution < -0.4 is 5.32 Å². The summed E-state index contributed by atoms with van der Waals surface area (Å²) in [6.07, 6.45) is 0. The van der Waals surface area contributed by atoms with Gasteiger partial charge in [-0.3, -0.25) is 0 Å². The van der Waals surface area contributed by atoms with E-state index in [1.807, 2.05) is 51.2 Å². The normalized spacial score (nSPS) is 12.5. The molecule has 0 saturated carbocycles.